The lowest BCUT2D eigenvalue weighted by molar-refractivity contribution is -0.117. The molecule has 1 aliphatic heterocycles. The van der Waals surface area contributed by atoms with E-state index in [9.17, 15) is 9.59 Å². The summed E-state index contributed by atoms with van der Waals surface area (Å²) in [5, 5.41) is -0.350. The summed E-state index contributed by atoms with van der Waals surface area (Å²) in [4.78, 5) is 26.4. The highest BCUT2D eigenvalue weighted by molar-refractivity contribution is 9.10. The predicted octanol–water partition coefficient (Wildman–Crippen LogP) is 5.32. The summed E-state index contributed by atoms with van der Waals surface area (Å²) < 4.78 is 11.7. The summed E-state index contributed by atoms with van der Waals surface area (Å²) >= 11 is 10.5. The molecule has 0 bridgehead atoms. The largest absolute Gasteiger partial charge is 0.493 e. The second kappa shape index (κ2) is 8.54. The fourth-order valence-corrected chi connectivity index (χ4v) is 4.48. The first kappa shape index (κ1) is 20.0. The first-order valence-electron chi connectivity index (χ1n) is 8.24. The van der Waals surface area contributed by atoms with Gasteiger partial charge in [-0.05, 0) is 49.2 Å². The molecule has 8 heteroatoms. The molecule has 0 aromatic heterocycles. The van der Waals surface area contributed by atoms with Crippen LogP contribution in [0.1, 0.15) is 12.5 Å². The van der Waals surface area contributed by atoms with Crippen molar-refractivity contribution in [2.75, 3.05) is 18.6 Å². The van der Waals surface area contributed by atoms with E-state index in [4.69, 9.17) is 21.1 Å². The first-order chi connectivity index (χ1) is 12.9. The fraction of sp³-hybridized carbons (Fsp3) is 0.263. The Kier molecular flexibility index (Phi) is 6.34. The van der Waals surface area contributed by atoms with Gasteiger partial charge in [-0.3, -0.25) is 9.59 Å². The molecule has 1 saturated heterocycles. The van der Waals surface area contributed by atoms with E-state index in [1.54, 1.807) is 31.4 Å². The SMILES string of the molecule is CCOc1cc(Br)c(C[C@@H]2SC(=O)N(c3cccc(Cl)c3)C2=O)cc1OC. The van der Waals surface area contributed by atoms with E-state index in [2.05, 4.69) is 15.9 Å². The van der Waals surface area contributed by atoms with Crippen LogP contribution in [-0.4, -0.2) is 30.1 Å². The number of carbonyl (C=O) groups excluding carboxylic acids is 2. The van der Waals surface area contributed by atoms with E-state index in [1.165, 1.54) is 4.90 Å². The van der Waals surface area contributed by atoms with Gasteiger partial charge in [-0.15, -0.1) is 0 Å². The molecule has 5 nitrogen and oxygen atoms in total. The minimum Gasteiger partial charge on any atom is -0.493 e. The van der Waals surface area contributed by atoms with Gasteiger partial charge in [-0.25, -0.2) is 4.90 Å². The molecule has 0 spiro atoms. The van der Waals surface area contributed by atoms with Crippen molar-refractivity contribution >= 4 is 56.1 Å². The Morgan fingerprint density at radius 1 is 1.22 bits per heavy atom. The van der Waals surface area contributed by atoms with Crippen LogP contribution in [0.4, 0.5) is 10.5 Å². The van der Waals surface area contributed by atoms with E-state index < -0.39 is 5.25 Å². The Morgan fingerprint density at radius 3 is 2.67 bits per heavy atom. The maximum Gasteiger partial charge on any atom is 0.293 e. The molecule has 0 N–H and O–H groups in total. The average Bonchev–Trinajstić information content (AvgIpc) is 2.91. The number of hydrogen-bond acceptors (Lipinski definition) is 5. The van der Waals surface area contributed by atoms with Crippen LogP contribution in [0.3, 0.4) is 0 Å². The highest BCUT2D eigenvalue weighted by atomic mass is 79.9. The van der Waals surface area contributed by atoms with Gasteiger partial charge in [0.15, 0.2) is 11.5 Å². The number of methoxy groups -OCH3 is 1. The van der Waals surface area contributed by atoms with Crippen molar-refractivity contribution in [2.24, 2.45) is 0 Å². The Morgan fingerprint density at radius 2 is 2.00 bits per heavy atom. The molecule has 2 amide bonds. The minimum atomic E-state index is -0.518. The van der Waals surface area contributed by atoms with Gasteiger partial charge in [-0.2, -0.15) is 0 Å². The number of anilines is 1. The molecule has 1 fully saturated rings. The van der Waals surface area contributed by atoms with Crippen LogP contribution in [0.15, 0.2) is 40.9 Å². The Hall–Kier alpha value is -1.70. The molecular formula is C19H17BrClNO4S. The number of hydrogen-bond donors (Lipinski definition) is 0. The number of ether oxygens (including phenoxy) is 2. The van der Waals surface area contributed by atoms with Gasteiger partial charge in [0.05, 0.1) is 24.7 Å². The number of amides is 2. The summed E-state index contributed by atoms with van der Waals surface area (Å²) in [5.41, 5.74) is 1.35. The predicted molar refractivity (Wildman–Crippen MR) is 111 cm³/mol. The zero-order valence-corrected chi connectivity index (χ0v) is 17.9. The number of benzene rings is 2. The zero-order valence-electron chi connectivity index (χ0n) is 14.7. The Bertz CT molecular complexity index is 892. The quantitative estimate of drug-likeness (QED) is 0.572. The lowest BCUT2D eigenvalue weighted by atomic mass is 10.1. The van der Waals surface area contributed by atoms with Gasteiger partial charge < -0.3 is 9.47 Å². The molecule has 0 radical (unpaired) electrons. The molecule has 2 aromatic carbocycles. The number of nitrogens with zero attached hydrogens (tertiary/aromatic N) is 1. The van der Waals surface area contributed by atoms with E-state index in [0.29, 0.717) is 35.2 Å². The minimum absolute atomic E-state index is 0.257. The van der Waals surface area contributed by atoms with Gasteiger partial charge in [0.1, 0.15) is 0 Å². The average molecular weight is 471 g/mol. The maximum atomic E-state index is 12.8. The van der Waals surface area contributed by atoms with Gasteiger partial charge in [0.25, 0.3) is 5.24 Å². The number of thioether (sulfide) groups is 1. The molecule has 0 unspecified atom stereocenters. The van der Waals surface area contributed by atoms with Crippen molar-refractivity contribution < 1.29 is 19.1 Å². The third kappa shape index (κ3) is 4.25. The second-order valence-electron chi connectivity index (χ2n) is 5.76. The van der Waals surface area contributed by atoms with Gasteiger partial charge in [-0.1, -0.05) is 45.4 Å². The Balaban J connectivity index is 1.84. The number of rotatable bonds is 6. The molecule has 142 valence electrons. The van der Waals surface area contributed by atoms with Crippen LogP contribution < -0.4 is 14.4 Å². The summed E-state index contributed by atoms with van der Waals surface area (Å²) in [5.74, 6) is 0.952. The molecular weight excluding hydrogens is 454 g/mol. The zero-order chi connectivity index (χ0) is 19.6. The van der Waals surface area contributed by atoms with Gasteiger partial charge in [0, 0.05) is 9.50 Å². The lowest BCUT2D eigenvalue weighted by Gasteiger charge is -2.16. The van der Waals surface area contributed by atoms with Gasteiger partial charge >= 0.3 is 0 Å². The molecule has 1 aliphatic rings. The highest BCUT2D eigenvalue weighted by Crippen LogP contribution is 2.38. The summed E-state index contributed by atoms with van der Waals surface area (Å²) in [6.45, 7) is 2.41. The number of imide groups is 1. The van der Waals surface area contributed by atoms with Gasteiger partial charge in [0.2, 0.25) is 5.91 Å². The molecule has 0 aliphatic carbocycles. The molecule has 27 heavy (non-hydrogen) atoms. The monoisotopic (exact) mass is 469 g/mol. The third-order valence-corrected chi connectivity index (χ3v) is 6.04. The summed E-state index contributed by atoms with van der Waals surface area (Å²) in [6.07, 6.45) is 0.385. The van der Waals surface area contributed by atoms with Crippen molar-refractivity contribution in [1.82, 2.24) is 0 Å². The fourth-order valence-electron chi connectivity index (χ4n) is 2.80. The summed E-state index contributed by atoms with van der Waals surface area (Å²) in [6, 6.07) is 10.4. The standard InChI is InChI=1S/C19H17BrClNO4S/c1-3-26-16-10-14(20)11(7-15(16)25-2)8-17-18(23)22(19(24)27-17)13-6-4-5-12(21)9-13/h4-7,9-10,17H,3,8H2,1-2H3/t17-/m0/s1. The van der Waals surface area contributed by atoms with E-state index >= 15 is 0 Å². The van der Waals surface area contributed by atoms with Crippen LogP contribution in [-0.2, 0) is 11.2 Å². The van der Waals surface area contributed by atoms with Crippen LogP contribution in [0.5, 0.6) is 11.5 Å². The molecule has 0 saturated carbocycles. The number of halogens is 2. The molecule has 1 heterocycles. The first-order valence-corrected chi connectivity index (χ1v) is 10.3. The van der Waals surface area contributed by atoms with E-state index in [1.807, 2.05) is 19.1 Å². The van der Waals surface area contributed by atoms with Crippen LogP contribution in [0, 0.1) is 0 Å². The van der Waals surface area contributed by atoms with Crippen molar-refractivity contribution in [3.8, 4) is 11.5 Å². The highest BCUT2D eigenvalue weighted by Gasteiger charge is 2.40. The lowest BCUT2D eigenvalue weighted by Crippen LogP contribution is -2.32. The van der Waals surface area contributed by atoms with Crippen LogP contribution in [0.2, 0.25) is 5.02 Å². The maximum absolute atomic E-state index is 12.8. The van der Waals surface area contributed by atoms with Crippen molar-refractivity contribution in [1.29, 1.82) is 0 Å². The molecule has 2 aromatic rings. The third-order valence-electron chi connectivity index (χ3n) is 4.03. The topological polar surface area (TPSA) is 55.8 Å². The Labute approximate surface area is 175 Å². The number of carbonyl (C=O) groups is 2. The second-order valence-corrected chi connectivity index (χ2v) is 8.20. The van der Waals surface area contributed by atoms with Crippen molar-refractivity contribution in [3.63, 3.8) is 0 Å². The molecule has 3 rings (SSSR count). The van der Waals surface area contributed by atoms with Crippen LogP contribution >= 0.6 is 39.3 Å². The normalized spacial score (nSPS) is 16.7. The summed E-state index contributed by atoms with van der Waals surface area (Å²) in [7, 11) is 1.56. The van der Waals surface area contributed by atoms with Crippen molar-refractivity contribution in [3.05, 3.63) is 51.5 Å². The van der Waals surface area contributed by atoms with Crippen molar-refractivity contribution in [2.45, 2.75) is 18.6 Å². The van der Waals surface area contributed by atoms with E-state index in [0.717, 1.165) is 21.8 Å². The molecule has 1 atom stereocenters. The smallest absolute Gasteiger partial charge is 0.293 e. The van der Waals surface area contributed by atoms with E-state index in [-0.39, 0.29) is 11.1 Å². The van der Waals surface area contributed by atoms with Crippen LogP contribution in [0.25, 0.3) is 0 Å².